The van der Waals surface area contributed by atoms with E-state index in [0.29, 0.717) is 35.4 Å². The maximum absolute atomic E-state index is 12.9. The molecule has 0 spiro atoms. The summed E-state index contributed by atoms with van der Waals surface area (Å²) in [7, 11) is 2.98. The smallest absolute Gasteiger partial charge is 0.261 e. The van der Waals surface area contributed by atoms with E-state index in [1.807, 2.05) is 0 Å². The summed E-state index contributed by atoms with van der Waals surface area (Å²) < 4.78 is 23.4. The number of methoxy groups -OCH3 is 2. The molecular weight excluding hydrogens is 351 g/mol. The van der Waals surface area contributed by atoms with E-state index >= 15 is 0 Å². The number of rotatable bonds is 6. The van der Waals surface area contributed by atoms with Crippen LogP contribution in [0, 0.1) is 5.82 Å². The van der Waals surface area contributed by atoms with Gasteiger partial charge in [0.2, 0.25) is 0 Å². The van der Waals surface area contributed by atoms with Crippen molar-refractivity contribution in [2.24, 2.45) is 0 Å². The molecule has 1 heterocycles. The average Bonchev–Trinajstić information content (AvgIpc) is 2.67. The van der Waals surface area contributed by atoms with Gasteiger partial charge in [-0.15, -0.1) is 0 Å². The maximum Gasteiger partial charge on any atom is 0.261 e. The second-order valence-corrected chi connectivity index (χ2v) is 5.91. The van der Waals surface area contributed by atoms with E-state index in [4.69, 9.17) is 9.47 Å². The lowest BCUT2D eigenvalue weighted by atomic mass is 10.1. The molecule has 2 aromatic carbocycles. The number of aromatic nitrogens is 1. The molecule has 0 radical (unpaired) electrons. The van der Waals surface area contributed by atoms with Gasteiger partial charge < -0.3 is 19.8 Å². The summed E-state index contributed by atoms with van der Waals surface area (Å²) in [6, 6.07) is 11.0. The molecule has 1 amide bonds. The van der Waals surface area contributed by atoms with Crippen molar-refractivity contribution in [3.8, 4) is 11.5 Å². The molecule has 0 bridgehead atoms. The Bertz CT molecular complexity index is 1030. The molecule has 0 fully saturated rings. The second kappa shape index (κ2) is 7.90. The van der Waals surface area contributed by atoms with Crippen LogP contribution in [0.15, 0.2) is 47.3 Å². The molecule has 0 aliphatic carbocycles. The van der Waals surface area contributed by atoms with Crippen molar-refractivity contribution in [1.29, 1.82) is 0 Å². The SMILES string of the molecule is COc1ccc2cc(C(=O)NCCc3ccc(F)cc3)c(=O)[nH]c2c1OC. The van der Waals surface area contributed by atoms with Gasteiger partial charge >= 0.3 is 0 Å². The summed E-state index contributed by atoms with van der Waals surface area (Å²) in [6.45, 7) is 0.327. The molecular formula is C20H19FN2O4. The Morgan fingerprint density at radius 2 is 1.85 bits per heavy atom. The Hall–Kier alpha value is -3.35. The zero-order valence-electron chi connectivity index (χ0n) is 15.0. The van der Waals surface area contributed by atoms with Crippen molar-refractivity contribution in [1.82, 2.24) is 10.3 Å². The number of carbonyl (C=O) groups is 1. The fourth-order valence-electron chi connectivity index (χ4n) is 2.83. The van der Waals surface area contributed by atoms with Crippen LogP contribution < -0.4 is 20.3 Å². The van der Waals surface area contributed by atoms with E-state index in [2.05, 4.69) is 10.3 Å². The number of benzene rings is 2. The average molecular weight is 370 g/mol. The number of amides is 1. The first kappa shape index (κ1) is 18.4. The number of aromatic amines is 1. The van der Waals surface area contributed by atoms with Crippen LogP contribution in [-0.4, -0.2) is 31.7 Å². The van der Waals surface area contributed by atoms with E-state index in [0.717, 1.165) is 5.56 Å². The molecule has 0 saturated heterocycles. The third-order valence-electron chi connectivity index (χ3n) is 4.22. The van der Waals surface area contributed by atoms with Crippen molar-refractivity contribution in [2.75, 3.05) is 20.8 Å². The van der Waals surface area contributed by atoms with E-state index in [1.165, 1.54) is 32.4 Å². The minimum Gasteiger partial charge on any atom is -0.493 e. The number of H-pyrrole nitrogens is 1. The maximum atomic E-state index is 12.9. The summed E-state index contributed by atoms with van der Waals surface area (Å²) >= 11 is 0. The predicted octanol–water partition coefficient (Wildman–Crippen LogP) is 2.66. The Morgan fingerprint density at radius 3 is 2.52 bits per heavy atom. The lowest BCUT2D eigenvalue weighted by Crippen LogP contribution is -2.31. The number of hydrogen-bond acceptors (Lipinski definition) is 4. The predicted molar refractivity (Wildman–Crippen MR) is 100 cm³/mol. The van der Waals surface area contributed by atoms with E-state index in [1.54, 1.807) is 24.3 Å². The highest BCUT2D eigenvalue weighted by molar-refractivity contribution is 5.98. The van der Waals surface area contributed by atoms with Crippen LogP contribution in [0.25, 0.3) is 10.9 Å². The lowest BCUT2D eigenvalue weighted by Gasteiger charge is -2.11. The molecule has 0 aliphatic rings. The number of nitrogens with one attached hydrogen (secondary N) is 2. The Morgan fingerprint density at radius 1 is 1.11 bits per heavy atom. The zero-order valence-corrected chi connectivity index (χ0v) is 15.0. The quantitative estimate of drug-likeness (QED) is 0.699. The topological polar surface area (TPSA) is 80.4 Å². The summed E-state index contributed by atoms with van der Waals surface area (Å²) in [5.74, 6) is 0.0973. The number of ether oxygens (including phenoxy) is 2. The number of halogens is 1. The molecule has 0 saturated carbocycles. The van der Waals surface area contributed by atoms with Crippen LogP contribution in [0.1, 0.15) is 15.9 Å². The van der Waals surface area contributed by atoms with Crippen LogP contribution in [0.3, 0.4) is 0 Å². The second-order valence-electron chi connectivity index (χ2n) is 5.91. The van der Waals surface area contributed by atoms with Crippen molar-refractivity contribution in [3.05, 3.63) is 69.8 Å². The molecule has 0 atom stereocenters. The van der Waals surface area contributed by atoms with Crippen LogP contribution in [0.5, 0.6) is 11.5 Å². The molecule has 27 heavy (non-hydrogen) atoms. The first-order chi connectivity index (χ1) is 13.0. The van der Waals surface area contributed by atoms with Crippen molar-refractivity contribution >= 4 is 16.8 Å². The van der Waals surface area contributed by atoms with Gasteiger partial charge in [-0.2, -0.15) is 0 Å². The highest BCUT2D eigenvalue weighted by Gasteiger charge is 2.15. The summed E-state index contributed by atoms with van der Waals surface area (Å²) in [6.07, 6.45) is 0.530. The fourth-order valence-corrected chi connectivity index (χ4v) is 2.83. The zero-order chi connectivity index (χ0) is 19.4. The van der Waals surface area contributed by atoms with Gasteiger partial charge in [0, 0.05) is 11.9 Å². The lowest BCUT2D eigenvalue weighted by molar-refractivity contribution is 0.0953. The van der Waals surface area contributed by atoms with Gasteiger partial charge in [-0.3, -0.25) is 9.59 Å². The Kier molecular flexibility index (Phi) is 5.40. The van der Waals surface area contributed by atoms with E-state index < -0.39 is 11.5 Å². The van der Waals surface area contributed by atoms with Crippen molar-refractivity contribution < 1.29 is 18.7 Å². The molecule has 0 unspecified atom stereocenters. The van der Waals surface area contributed by atoms with E-state index in [9.17, 15) is 14.0 Å². The van der Waals surface area contributed by atoms with Crippen LogP contribution in [0.4, 0.5) is 4.39 Å². The summed E-state index contributed by atoms with van der Waals surface area (Å²) in [4.78, 5) is 27.4. The largest absolute Gasteiger partial charge is 0.493 e. The Labute approximate surface area is 154 Å². The molecule has 3 rings (SSSR count). The highest BCUT2D eigenvalue weighted by Crippen LogP contribution is 2.33. The van der Waals surface area contributed by atoms with Gasteiger partial charge in [0.25, 0.3) is 11.5 Å². The minimum absolute atomic E-state index is 0.00817. The van der Waals surface area contributed by atoms with Crippen LogP contribution >= 0.6 is 0 Å². The molecule has 1 aromatic heterocycles. The van der Waals surface area contributed by atoms with Gasteiger partial charge in [-0.05, 0) is 42.3 Å². The normalized spacial score (nSPS) is 10.6. The first-order valence-corrected chi connectivity index (χ1v) is 8.34. The molecule has 2 N–H and O–H groups in total. The number of hydrogen-bond donors (Lipinski definition) is 2. The fraction of sp³-hybridized carbons (Fsp3) is 0.200. The minimum atomic E-state index is -0.520. The molecule has 7 heteroatoms. The first-order valence-electron chi connectivity index (χ1n) is 8.34. The molecule has 3 aromatic rings. The van der Waals surface area contributed by atoms with Gasteiger partial charge in [0.05, 0.1) is 19.7 Å². The Balaban J connectivity index is 1.79. The third kappa shape index (κ3) is 3.92. The number of carbonyl (C=O) groups excluding carboxylic acids is 1. The monoisotopic (exact) mass is 370 g/mol. The van der Waals surface area contributed by atoms with Gasteiger partial charge in [0.1, 0.15) is 11.4 Å². The standard InChI is InChI=1S/C20H19FN2O4/c1-26-16-8-5-13-11-15(20(25)23-17(13)18(16)27-2)19(24)22-10-9-12-3-6-14(21)7-4-12/h3-8,11H,9-10H2,1-2H3,(H,22,24)(H,23,25). The third-order valence-corrected chi connectivity index (χ3v) is 4.22. The highest BCUT2D eigenvalue weighted by atomic mass is 19.1. The number of fused-ring (bicyclic) bond motifs is 1. The molecule has 6 nitrogen and oxygen atoms in total. The van der Waals surface area contributed by atoms with Crippen molar-refractivity contribution in [3.63, 3.8) is 0 Å². The van der Waals surface area contributed by atoms with E-state index in [-0.39, 0.29) is 11.4 Å². The van der Waals surface area contributed by atoms with Gasteiger partial charge in [0.15, 0.2) is 11.5 Å². The molecule has 0 aliphatic heterocycles. The summed E-state index contributed by atoms with van der Waals surface area (Å²) in [5.41, 5.74) is 0.841. The van der Waals surface area contributed by atoms with Gasteiger partial charge in [-0.25, -0.2) is 4.39 Å². The van der Waals surface area contributed by atoms with Gasteiger partial charge in [-0.1, -0.05) is 12.1 Å². The summed E-state index contributed by atoms with van der Waals surface area (Å²) in [5, 5.41) is 3.36. The number of pyridine rings is 1. The van der Waals surface area contributed by atoms with Crippen molar-refractivity contribution in [2.45, 2.75) is 6.42 Å². The van der Waals surface area contributed by atoms with Crippen LogP contribution in [0.2, 0.25) is 0 Å². The van der Waals surface area contributed by atoms with Crippen LogP contribution in [-0.2, 0) is 6.42 Å². The molecule has 140 valence electrons.